The molecule has 98 valence electrons. The largest absolute Gasteiger partial charge is 0.465 e. The minimum atomic E-state index is -0.965. The van der Waals surface area contributed by atoms with Crippen LogP contribution in [0, 0.1) is 0 Å². The quantitative estimate of drug-likeness (QED) is 0.892. The zero-order chi connectivity index (χ0) is 13.0. The molecular formula is C13H17FN2O2. The van der Waals surface area contributed by atoms with Gasteiger partial charge < -0.3 is 10.0 Å². The summed E-state index contributed by atoms with van der Waals surface area (Å²) in [6.45, 7) is 1.42. The van der Waals surface area contributed by atoms with E-state index in [0.29, 0.717) is 19.6 Å². The van der Waals surface area contributed by atoms with E-state index >= 15 is 0 Å². The van der Waals surface area contributed by atoms with E-state index in [4.69, 9.17) is 5.11 Å². The molecule has 1 aliphatic rings. The van der Waals surface area contributed by atoms with E-state index in [9.17, 15) is 9.18 Å². The second-order valence-corrected chi connectivity index (χ2v) is 4.49. The molecule has 0 radical (unpaired) electrons. The number of carbonyl (C=O) groups is 1. The van der Waals surface area contributed by atoms with Crippen LogP contribution in [0.1, 0.15) is 5.56 Å². The van der Waals surface area contributed by atoms with Gasteiger partial charge in [0, 0.05) is 26.2 Å². The lowest BCUT2D eigenvalue weighted by atomic mass is 10.1. The summed E-state index contributed by atoms with van der Waals surface area (Å²) in [5.74, 6) is 0. The molecule has 1 aromatic carbocycles. The zero-order valence-corrected chi connectivity index (χ0v) is 10.1. The van der Waals surface area contributed by atoms with Crippen LogP contribution in [0.25, 0.3) is 0 Å². The minimum absolute atomic E-state index is 0.249. The fourth-order valence-electron chi connectivity index (χ4n) is 2.24. The van der Waals surface area contributed by atoms with Gasteiger partial charge in [0.25, 0.3) is 0 Å². The van der Waals surface area contributed by atoms with Crippen LogP contribution in [-0.2, 0) is 6.54 Å². The Labute approximate surface area is 106 Å². The van der Waals surface area contributed by atoms with Crippen LogP contribution < -0.4 is 0 Å². The average Bonchev–Trinajstić information content (AvgIpc) is 2.40. The lowest BCUT2D eigenvalue weighted by Crippen LogP contribution is -2.54. The number of halogens is 1. The van der Waals surface area contributed by atoms with Gasteiger partial charge >= 0.3 is 6.09 Å². The van der Waals surface area contributed by atoms with Crippen LogP contribution in [0.3, 0.4) is 0 Å². The molecule has 18 heavy (non-hydrogen) atoms. The number of hydrogen-bond acceptors (Lipinski definition) is 2. The smallest absolute Gasteiger partial charge is 0.407 e. The van der Waals surface area contributed by atoms with Gasteiger partial charge in [-0.15, -0.1) is 0 Å². The van der Waals surface area contributed by atoms with Crippen molar-refractivity contribution in [2.45, 2.75) is 12.6 Å². The minimum Gasteiger partial charge on any atom is -0.465 e. The highest BCUT2D eigenvalue weighted by atomic mass is 19.1. The van der Waals surface area contributed by atoms with E-state index in [2.05, 4.69) is 0 Å². The second-order valence-electron chi connectivity index (χ2n) is 4.49. The van der Waals surface area contributed by atoms with E-state index in [1.165, 1.54) is 4.90 Å². The molecule has 4 nitrogen and oxygen atoms in total. The van der Waals surface area contributed by atoms with Crippen molar-refractivity contribution in [1.82, 2.24) is 9.80 Å². The molecule has 1 aromatic rings. The zero-order valence-electron chi connectivity index (χ0n) is 10.1. The monoisotopic (exact) mass is 252 g/mol. The van der Waals surface area contributed by atoms with Crippen LogP contribution in [0.2, 0.25) is 0 Å². The number of rotatable bonds is 3. The van der Waals surface area contributed by atoms with Gasteiger partial charge in [-0.2, -0.15) is 0 Å². The van der Waals surface area contributed by atoms with E-state index < -0.39 is 12.8 Å². The number of piperazine rings is 1. The van der Waals surface area contributed by atoms with Crippen molar-refractivity contribution in [3.05, 3.63) is 35.9 Å². The molecular weight excluding hydrogens is 235 g/mol. The number of alkyl halides is 1. The summed E-state index contributed by atoms with van der Waals surface area (Å²) in [7, 11) is 0. The van der Waals surface area contributed by atoms with E-state index in [-0.39, 0.29) is 12.6 Å². The third-order valence-electron chi connectivity index (χ3n) is 3.28. The molecule has 0 spiro atoms. The molecule has 0 bridgehead atoms. The molecule has 0 unspecified atom stereocenters. The predicted molar refractivity (Wildman–Crippen MR) is 66.2 cm³/mol. The third-order valence-corrected chi connectivity index (χ3v) is 3.28. The maximum atomic E-state index is 13.0. The molecule has 5 heteroatoms. The van der Waals surface area contributed by atoms with E-state index in [0.717, 1.165) is 5.56 Å². The van der Waals surface area contributed by atoms with Crippen molar-refractivity contribution in [3.8, 4) is 0 Å². The molecule has 0 aliphatic carbocycles. The summed E-state index contributed by atoms with van der Waals surface area (Å²) in [5.41, 5.74) is 1.12. The first-order valence-electron chi connectivity index (χ1n) is 6.02. The summed E-state index contributed by atoms with van der Waals surface area (Å²) < 4.78 is 13.0. The molecule has 1 atom stereocenters. The van der Waals surface area contributed by atoms with Crippen molar-refractivity contribution in [2.24, 2.45) is 0 Å². The summed E-state index contributed by atoms with van der Waals surface area (Å²) in [6.07, 6.45) is -0.965. The van der Waals surface area contributed by atoms with Crippen molar-refractivity contribution >= 4 is 6.09 Å². The van der Waals surface area contributed by atoms with E-state index in [1.807, 2.05) is 35.2 Å². The van der Waals surface area contributed by atoms with Gasteiger partial charge in [0.1, 0.15) is 6.67 Å². The first kappa shape index (κ1) is 12.8. The highest BCUT2D eigenvalue weighted by Gasteiger charge is 2.29. The molecule has 1 fully saturated rings. The number of carboxylic acid groups (broad SMARTS) is 1. The first-order chi connectivity index (χ1) is 8.70. The van der Waals surface area contributed by atoms with Crippen LogP contribution in [0.15, 0.2) is 30.3 Å². The molecule has 0 saturated carbocycles. The Morgan fingerprint density at radius 1 is 1.33 bits per heavy atom. The predicted octanol–water partition coefficient (Wildman–Crippen LogP) is 1.82. The Morgan fingerprint density at radius 3 is 2.67 bits per heavy atom. The van der Waals surface area contributed by atoms with Gasteiger partial charge in [-0.3, -0.25) is 4.90 Å². The lowest BCUT2D eigenvalue weighted by molar-refractivity contribution is 0.0534. The Hall–Kier alpha value is -1.62. The Morgan fingerprint density at radius 2 is 2.06 bits per heavy atom. The summed E-state index contributed by atoms with van der Waals surface area (Å²) in [5, 5.41) is 8.91. The van der Waals surface area contributed by atoms with Gasteiger partial charge in [-0.05, 0) is 5.56 Å². The summed E-state index contributed by atoms with van der Waals surface area (Å²) in [6, 6.07) is 9.51. The van der Waals surface area contributed by atoms with Gasteiger partial charge in [0.2, 0.25) is 0 Å². The number of benzene rings is 1. The number of nitrogens with zero attached hydrogens (tertiary/aromatic N) is 2. The maximum Gasteiger partial charge on any atom is 0.407 e. The maximum absolute atomic E-state index is 13.0. The Balaban J connectivity index is 1.99. The Kier molecular flexibility index (Phi) is 4.15. The van der Waals surface area contributed by atoms with Crippen molar-refractivity contribution in [2.75, 3.05) is 26.3 Å². The van der Waals surface area contributed by atoms with Crippen LogP contribution in [0.4, 0.5) is 9.18 Å². The molecule has 1 N–H and O–H groups in total. The van der Waals surface area contributed by atoms with E-state index in [1.54, 1.807) is 0 Å². The molecule has 1 aliphatic heterocycles. The topological polar surface area (TPSA) is 43.8 Å². The lowest BCUT2D eigenvalue weighted by Gasteiger charge is -2.39. The average molecular weight is 252 g/mol. The Bertz CT molecular complexity index is 399. The third kappa shape index (κ3) is 2.98. The summed E-state index contributed by atoms with van der Waals surface area (Å²) >= 11 is 0. The van der Waals surface area contributed by atoms with Crippen LogP contribution in [0.5, 0.6) is 0 Å². The van der Waals surface area contributed by atoms with Crippen molar-refractivity contribution in [3.63, 3.8) is 0 Å². The molecule has 2 rings (SSSR count). The van der Waals surface area contributed by atoms with Crippen LogP contribution in [-0.4, -0.2) is 53.4 Å². The molecule has 0 aromatic heterocycles. The van der Waals surface area contributed by atoms with Crippen molar-refractivity contribution in [1.29, 1.82) is 0 Å². The van der Waals surface area contributed by atoms with Crippen LogP contribution >= 0.6 is 0 Å². The summed E-state index contributed by atoms with van der Waals surface area (Å²) in [4.78, 5) is 14.2. The molecule has 1 amide bonds. The number of amides is 1. The fraction of sp³-hybridized carbons (Fsp3) is 0.462. The normalized spacial score (nSPS) is 20.9. The first-order valence-corrected chi connectivity index (χ1v) is 6.02. The van der Waals surface area contributed by atoms with Gasteiger partial charge in [-0.25, -0.2) is 9.18 Å². The highest BCUT2D eigenvalue weighted by molar-refractivity contribution is 5.65. The standard InChI is InChI=1S/C13H17FN2O2/c14-8-12-10-16(13(17)18)7-6-15(12)9-11-4-2-1-3-5-11/h1-5,12H,6-10H2,(H,17,18)/t12-/m0/s1. The highest BCUT2D eigenvalue weighted by Crippen LogP contribution is 2.14. The van der Waals surface area contributed by atoms with Gasteiger partial charge in [-0.1, -0.05) is 30.3 Å². The fourth-order valence-corrected chi connectivity index (χ4v) is 2.24. The molecule has 1 saturated heterocycles. The molecule has 1 heterocycles. The second kappa shape index (κ2) is 5.82. The van der Waals surface area contributed by atoms with Gasteiger partial charge in [0.05, 0.1) is 6.04 Å². The van der Waals surface area contributed by atoms with Crippen molar-refractivity contribution < 1.29 is 14.3 Å². The number of hydrogen-bond donors (Lipinski definition) is 1. The SMILES string of the molecule is O=C(O)N1CCN(Cc2ccccc2)[C@@H](CF)C1. The van der Waals surface area contributed by atoms with Gasteiger partial charge in [0.15, 0.2) is 0 Å².